The predicted molar refractivity (Wildman–Crippen MR) is 110 cm³/mol. The van der Waals surface area contributed by atoms with Gasteiger partial charge in [0.2, 0.25) is 11.8 Å². The summed E-state index contributed by atoms with van der Waals surface area (Å²) in [6.07, 6.45) is -1.52. The maximum absolute atomic E-state index is 13.3. The number of nitrogens with zero attached hydrogens (tertiary/aromatic N) is 3. The molecule has 3 aromatic rings. The predicted octanol–water partition coefficient (Wildman–Crippen LogP) is 4.94. The normalized spacial score (nSPS) is 16.6. The van der Waals surface area contributed by atoms with Crippen molar-refractivity contribution in [1.29, 1.82) is 0 Å². The Morgan fingerprint density at radius 1 is 1.06 bits per heavy atom. The van der Waals surface area contributed by atoms with Gasteiger partial charge in [0, 0.05) is 5.92 Å². The van der Waals surface area contributed by atoms with Crippen LogP contribution < -0.4 is 9.47 Å². The average molecular weight is 459 g/mol. The molecule has 2 aliphatic rings. The van der Waals surface area contributed by atoms with E-state index in [4.69, 9.17) is 9.15 Å². The van der Waals surface area contributed by atoms with Gasteiger partial charge in [0.05, 0.1) is 18.7 Å². The second-order valence-electron chi connectivity index (χ2n) is 8.02. The highest BCUT2D eigenvalue weighted by molar-refractivity contribution is 5.98. The van der Waals surface area contributed by atoms with E-state index in [1.807, 2.05) is 0 Å². The molecule has 0 spiro atoms. The second-order valence-corrected chi connectivity index (χ2v) is 8.02. The summed E-state index contributed by atoms with van der Waals surface area (Å²) >= 11 is 0. The molecule has 0 bridgehead atoms. The van der Waals surface area contributed by atoms with Crippen molar-refractivity contribution in [2.24, 2.45) is 0 Å². The highest BCUT2D eigenvalue weighted by Crippen LogP contribution is 2.36. The number of hydrogen-bond acceptors (Lipinski definition) is 6. The minimum atomic E-state index is -4.75. The number of aromatic nitrogens is 2. The van der Waals surface area contributed by atoms with Crippen LogP contribution in [0.1, 0.15) is 47.3 Å². The maximum Gasteiger partial charge on any atom is 0.573 e. The van der Waals surface area contributed by atoms with Gasteiger partial charge in [-0.2, -0.15) is 0 Å². The minimum absolute atomic E-state index is 0.176. The van der Waals surface area contributed by atoms with E-state index < -0.39 is 6.36 Å². The molecule has 33 heavy (non-hydrogen) atoms. The van der Waals surface area contributed by atoms with E-state index in [-0.39, 0.29) is 18.2 Å². The zero-order valence-corrected chi connectivity index (χ0v) is 17.5. The molecule has 0 unspecified atom stereocenters. The zero-order valence-electron chi connectivity index (χ0n) is 17.5. The Morgan fingerprint density at radius 2 is 1.82 bits per heavy atom. The Labute approximate surface area is 187 Å². The summed E-state index contributed by atoms with van der Waals surface area (Å²) in [6.45, 7) is 0.841. The third-order valence-electron chi connectivity index (χ3n) is 5.80. The lowest BCUT2D eigenvalue weighted by Gasteiger charge is -2.21. The largest absolute Gasteiger partial charge is 0.573 e. The molecule has 0 saturated heterocycles. The van der Waals surface area contributed by atoms with Crippen LogP contribution in [0.2, 0.25) is 0 Å². The van der Waals surface area contributed by atoms with Gasteiger partial charge in [-0.25, -0.2) is 0 Å². The van der Waals surface area contributed by atoms with Gasteiger partial charge in [-0.1, -0.05) is 24.6 Å². The van der Waals surface area contributed by atoms with E-state index in [0.29, 0.717) is 53.3 Å². The number of benzene rings is 2. The maximum atomic E-state index is 13.3. The first-order valence-electron chi connectivity index (χ1n) is 10.6. The van der Waals surface area contributed by atoms with Crippen molar-refractivity contribution in [2.75, 3.05) is 13.2 Å². The van der Waals surface area contributed by atoms with Gasteiger partial charge in [-0.05, 0) is 48.2 Å². The smallest absolute Gasteiger partial charge is 0.491 e. The molecule has 1 fully saturated rings. The van der Waals surface area contributed by atoms with E-state index in [1.54, 1.807) is 23.1 Å². The van der Waals surface area contributed by atoms with Crippen LogP contribution in [-0.2, 0) is 6.54 Å². The summed E-state index contributed by atoms with van der Waals surface area (Å²) in [5.74, 6) is 1.20. The van der Waals surface area contributed by atoms with Crippen LogP contribution in [0.5, 0.6) is 11.5 Å². The molecule has 2 heterocycles. The average Bonchev–Trinajstić information content (AvgIpc) is 3.12. The van der Waals surface area contributed by atoms with Crippen molar-refractivity contribution >= 4 is 5.91 Å². The Kier molecular flexibility index (Phi) is 5.43. The number of carbonyl (C=O) groups excluding carboxylic acids is 1. The molecule has 7 nitrogen and oxygen atoms in total. The van der Waals surface area contributed by atoms with E-state index in [2.05, 4.69) is 14.9 Å². The minimum Gasteiger partial charge on any atom is -0.491 e. The summed E-state index contributed by atoms with van der Waals surface area (Å²) < 4.78 is 52.6. The van der Waals surface area contributed by atoms with E-state index >= 15 is 0 Å². The van der Waals surface area contributed by atoms with Crippen LogP contribution in [0.25, 0.3) is 11.1 Å². The second kappa shape index (κ2) is 8.42. The molecular weight excluding hydrogens is 439 g/mol. The summed E-state index contributed by atoms with van der Waals surface area (Å²) in [6, 6.07) is 10.6. The highest BCUT2D eigenvalue weighted by Gasteiger charge is 2.31. The molecule has 0 radical (unpaired) electrons. The molecule has 0 atom stereocenters. The standard InChI is InChI=1S/C23H20F3N3O4/c24-23(25,26)33-17-7-4-14(5-8-17)16-6-9-19-18(12-16)22(30)29(10-11-31-19)13-20-27-28-21(32-20)15-2-1-3-15/h4-9,12,15H,1-3,10-11,13H2. The third-order valence-corrected chi connectivity index (χ3v) is 5.80. The quantitative estimate of drug-likeness (QED) is 0.538. The summed E-state index contributed by atoms with van der Waals surface area (Å²) in [5, 5.41) is 8.20. The lowest BCUT2D eigenvalue weighted by atomic mass is 9.85. The molecule has 2 aromatic carbocycles. The number of fused-ring (bicyclic) bond motifs is 1. The van der Waals surface area contributed by atoms with Crippen molar-refractivity contribution in [3.8, 4) is 22.6 Å². The van der Waals surface area contributed by atoms with Crippen molar-refractivity contribution < 1.29 is 31.9 Å². The van der Waals surface area contributed by atoms with Crippen LogP contribution in [0.3, 0.4) is 0 Å². The van der Waals surface area contributed by atoms with Crippen molar-refractivity contribution in [3.05, 3.63) is 59.8 Å². The Morgan fingerprint density at radius 3 is 2.52 bits per heavy atom. The summed E-state index contributed by atoms with van der Waals surface area (Å²) in [5.41, 5.74) is 1.66. The number of hydrogen-bond donors (Lipinski definition) is 0. The topological polar surface area (TPSA) is 77.7 Å². The molecule has 1 aliphatic heterocycles. The highest BCUT2D eigenvalue weighted by atomic mass is 19.4. The SMILES string of the molecule is O=C1c2cc(-c3ccc(OC(F)(F)F)cc3)ccc2OCCN1Cc1nnc(C2CCC2)o1. The number of alkyl halides is 3. The Balaban J connectivity index is 1.35. The third kappa shape index (κ3) is 4.64. The van der Waals surface area contributed by atoms with Gasteiger partial charge in [-0.15, -0.1) is 23.4 Å². The van der Waals surface area contributed by atoms with Gasteiger partial charge < -0.3 is 18.8 Å². The van der Waals surface area contributed by atoms with Crippen molar-refractivity contribution in [3.63, 3.8) is 0 Å². The van der Waals surface area contributed by atoms with Crippen LogP contribution in [0.15, 0.2) is 46.9 Å². The monoisotopic (exact) mass is 459 g/mol. The number of carbonyl (C=O) groups is 1. The zero-order chi connectivity index (χ0) is 23.0. The van der Waals surface area contributed by atoms with Crippen LogP contribution in [0.4, 0.5) is 13.2 Å². The molecule has 1 amide bonds. The van der Waals surface area contributed by atoms with Gasteiger partial charge in [0.1, 0.15) is 18.1 Å². The number of halogens is 3. The fourth-order valence-corrected chi connectivity index (χ4v) is 3.85. The van der Waals surface area contributed by atoms with Gasteiger partial charge in [0.15, 0.2) is 0 Å². The van der Waals surface area contributed by atoms with Crippen LogP contribution in [-0.4, -0.2) is 40.5 Å². The Bertz CT molecular complexity index is 1160. The molecule has 1 aromatic heterocycles. The molecule has 0 N–H and O–H groups in total. The molecular formula is C23H20F3N3O4. The van der Waals surface area contributed by atoms with E-state index in [9.17, 15) is 18.0 Å². The van der Waals surface area contributed by atoms with Crippen molar-refractivity contribution in [2.45, 2.75) is 38.1 Å². The van der Waals surface area contributed by atoms with Crippen molar-refractivity contribution in [1.82, 2.24) is 15.1 Å². The summed E-state index contributed by atoms with van der Waals surface area (Å²) in [4.78, 5) is 14.8. The fraction of sp³-hybridized carbons (Fsp3) is 0.348. The first-order chi connectivity index (χ1) is 15.9. The number of rotatable bonds is 5. The van der Waals surface area contributed by atoms with Crippen LogP contribution >= 0.6 is 0 Å². The Hall–Kier alpha value is -3.56. The van der Waals surface area contributed by atoms with E-state index in [0.717, 1.165) is 19.3 Å². The van der Waals surface area contributed by atoms with Gasteiger partial charge in [-0.3, -0.25) is 4.79 Å². The fourth-order valence-electron chi connectivity index (χ4n) is 3.85. The summed E-state index contributed by atoms with van der Waals surface area (Å²) in [7, 11) is 0. The molecule has 1 saturated carbocycles. The molecule has 1 aliphatic carbocycles. The number of amides is 1. The first kappa shape index (κ1) is 21.3. The van der Waals surface area contributed by atoms with Crippen LogP contribution in [0, 0.1) is 0 Å². The molecule has 10 heteroatoms. The number of ether oxygens (including phenoxy) is 2. The van der Waals surface area contributed by atoms with Gasteiger partial charge in [0.25, 0.3) is 5.91 Å². The molecule has 172 valence electrons. The lowest BCUT2D eigenvalue weighted by molar-refractivity contribution is -0.274. The van der Waals surface area contributed by atoms with Gasteiger partial charge >= 0.3 is 6.36 Å². The van der Waals surface area contributed by atoms with E-state index in [1.165, 1.54) is 24.3 Å². The molecule has 5 rings (SSSR count). The first-order valence-corrected chi connectivity index (χ1v) is 10.6. The lowest BCUT2D eigenvalue weighted by Crippen LogP contribution is -2.32.